The normalized spacial score (nSPS) is 22.4. The molecule has 11 heteroatoms. The molecule has 40 heavy (non-hydrogen) atoms. The maximum absolute atomic E-state index is 13.1. The van der Waals surface area contributed by atoms with Crippen LogP contribution in [0.2, 0.25) is 0 Å². The second-order valence-corrected chi connectivity index (χ2v) is 11.4. The first-order valence-corrected chi connectivity index (χ1v) is 12.8. The molecule has 3 atom stereocenters. The van der Waals surface area contributed by atoms with E-state index in [0.717, 1.165) is 4.90 Å². The maximum atomic E-state index is 13.1. The molecular weight excluding hydrogens is 520 g/mol. The van der Waals surface area contributed by atoms with Gasteiger partial charge < -0.3 is 14.9 Å². The number of rotatable bonds is 9. The first kappa shape index (κ1) is 27.2. The van der Waals surface area contributed by atoms with Crippen LogP contribution in [0.3, 0.4) is 0 Å². The zero-order valence-corrected chi connectivity index (χ0v) is 22.4. The van der Waals surface area contributed by atoms with E-state index < -0.39 is 46.7 Å². The van der Waals surface area contributed by atoms with Crippen molar-refractivity contribution in [2.24, 2.45) is 11.8 Å². The summed E-state index contributed by atoms with van der Waals surface area (Å²) in [6, 6.07) is 7.73. The number of carbonyl (C=O) groups excluding carboxylic acids is 4. The summed E-state index contributed by atoms with van der Waals surface area (Å²) in [4.78, 5) is 76.9. The number of benzene rings is 2. The molecule has 1 saturated carbocycles. The molecular formula is C29H28N2O9. The molecule has 3 aliphatic rings. The van der Waals surface area contributed by atoms with Crippen molar-refractivity contribution in [3.8, 4) is 0 Å². The van der Waals surface area contributed by atoms with Gasteiger partial charge in [0.25, 0.3) is 23.6 Å². The van der Waals surface area contributed by atoms with Crippen molar-refractivity contribution in [1.82, 2.24) is 9.80 Å². The zero-order chi connectivity index (χ0) is 29.3. The van der Waals surface area contributed by atoms with Crippen molar-refractivity contribution in [1.29, 1.82) is 0 Å². The van der Waals surface area contributed by atoms with Gasteiger partial charge in [-0.25, -0.2) is 9.59 Å². The number of ether oxygens (including phenoxy) is 1. The number of amides is 4. The fourth-order valence-electron chi connectivity index (χ4n) is 5.33. The first-order chi connectivity index (χ1) is 18.7. The van der Waals surface area contributed by atoms with E-state index in [4.69, 9.17) is 4.74 Å². The van der Waals surface area contributed by atoms with Gasteiger partial charge in [-0.1, -0.05) is 6.92 Å². The molecule has 2 aromatic carbocycles. The van der Waals surface area contributed by atoms with E-state index in [9.17, 15) is 39.0 Å². The van der Waals surface area contributed by atoms with Crippen LogP contribution < -0.4 is 0 Å². The Kier molecular flexibility index (Phi) is 6.18. The molecule has 0 saturated heterocycles. The van der Waals surface area contributed by atoms with Crippen LogP contribution in [0.4, 0.5) is 0 Å². The molecule has 2 N–H and O–H groups in total. The van der Waals surface area contributed by atoms with Crippen molar-refractivity contribution >= 4 is 35.6 Å². The Labute approximate surface area is 229 Å². The van der Waals surface area contributed by atoms with Gasteiger partial charge in [0.2, 0.25) is 0 Å². The minimum absolute atomic E-state index is 0.0496. The van der Waals surface area contributed by atoms with Gasteiger partial charge in [0.05, 0.1) is 51.1 Å². The summed E-state index contributed by atoms with van der Waals surface area (Å²) in [5.74, 6) is -4.90. The van der Waals surface area contributed by atoms with Gasteiger partial charge in [0.1, 0.15) is 0 Å². The van der Waals surface area contributed by atoms with Crippen LogP contribution in [0.15, 0.2) is 36.4 Å². The molecule has 0 radical (unpaired) electrons. The summed E-state index contributed by atoms with van der Waals surface area (Å²) in [5.41, 5.74) is -1.28. The van der Waals surface area contributed by atoms with Crippen LogP contribution in [-0.4, -0.2) is 79.9 Å². The number of hydrogen-bond donors (Lipinski definition) is 2. The summed E-state index contributed by atoms with van der Waals surface area (Å²) in [6.45, 7) is 7.55. The van der Waals surface area contributed by atoms with Crippen molar-refractivity contribution < 1.29 is 43.7 Å². The second-order valence-electron chi connectivity index (χ2n) is 11.4. The number of fused-ring (bicyclic) bond motifs is 2. The average Bonchev–Trinajstić information content (AvgIpc) is 3.42. The van der Waals surface area contributed by atoms with Crippen LogP contribution >= 0.6 is 0 Å². The maximum Gasteiger partial charge on any atom is 0.335 e. The van der Waals surface area contributed by atoms with Gasteiger partial charge in [-0.3, -0.25) is 29.0 Å². The lowest BCUT2D eigenvalue weighted by Gasteiger charge is -2.34. The van der Waals surface area contributed by atoms with Gasteiger partial charge in [-0.2, -0.15) is 0 Å². The molecule has 2 heterocycles. The molecule has 0 bridgehead atoms. The number of nitrogens with zero attached hydrogens (tertiary/aromatic N) is 2. The van der Waals surface area contributed by atoms with E-state index in [2.05, 4.69) is 0 Å². The van der Waals surface area contributed by atoms with E-state index in [-0.39, 0.29) is 58.4 Å². The van der Waals surface area contributed by atoms with Gasteiger partial charge in [0.15, 0.2) is 0 Å². The van der Waals surface area contributed by atoms with Crippen LogP contribution in [-0.2, 0) is 4.74 Å². The Morgan fingerprint density at radius 2 is 1.38 bits per heavy atom. The van der Waals surface area contributed by atoms with Gasteiger partial charge in [-0.05, 0) is 63.6 Å². The third-order valence-corrected chi connectivity index (χ3v) is 8.54. The predicted octanol–water partition coefficient (Wildman–Crippen LogP) is 3.19. The molecule has 5 rings (SSSR count). The molecule has 0 aromatic heterocycles. The first-order valence-electron chi connectivity index (χ1n) is 12.8. The molecule has 11 nitrogen and oxygen atoms in total. The Bertz CT molecular complexity index is 1530. The third kappa shape index (κ3) is 4.17. The lowest BCUT2D eigenvalue weighted by atomic mass is 9.92. The SMILES string of the molecule is CC(CN1C(=O)c2ccc(C(=O)O)cc2C1=O)C(C)(C)OCC1CC1(C)N1C(=O)c2ccc(C(=O)O)cc2C1=O. The molecule has 2 aliphatic heterocycles. The number of carboxylic acid groups (broad SMARTS) is 2. The fourth-order valence-corrected chi connectivity index (χ4v) is 5.33. The minimum Gasteiger partial charge on any atom is -0.478 e. The third-order valence-electron chi connectivity index (χ3n) is 8.54. The molecule has 1 aliphatic carbocycles. The molecule has 208 valence electrons. The summed E-state index contributed by atoms with van der Waals surface area (Å²) in [7, 11) is 0. The lowest BCUT2D eigenvalue weighted by molar-refractivity contribution is -0.0667. The molecule has 4 amide bonds. The highest BCUT2D eigenvalue weighted by molar-refractivity contribution is 6.23. The van der Waals surface area contributed by atoms with E-state index in [1.54, 1.807) is 6.92 Å². The number of carbonyl (C=O) groups is 6. The topological polar surface area (TPSA) is 159 Å². The van der Waals surface area contributed by atoms with Gasteiger partial charge >= 0.3 is 11.9 Å². The van der Waals surface area contributed by atoms with Crippen LogP contribution in [0, 0.1) is 11.8 Å². The molecule has 3 unspecified atom stereocenters. The Balaban J connectivity index is 1.23. The minimum atomic E-state index is -1.19. The highest BCUT2D eigenvalue weighted by Crippen LogP contribution is 2.51. The Morgan fingerprint density at radius 1 is 0.900 bits per heavy atom. The number of imide groups is 2. The molecule has 0 spiro atoms. The monoisotopic (exact) mass is 548 g/mol. The van der Waals surface area contributed by atoms with Crippen LogP contribution in [0.5, 0.6) is 0 Å². The molecule has 2 aromatic rings. The number of carboxylic acids is 2. The summed E-state index contributed by atoms with van der Waals surface area (Å²) < 4.78 is 6.22. The summed E-state index contributed by atoms with van der Waals surface area (Å²) >= 11 is 0. The van der Waals surface area contributed by atoms with E-state index in [1.807, 2.05) is 20.8 Å². The quantitative estimate of drug-likeness (QED) is 0.449. The van der Waals surface area contributed by atoms with Crippen molar-refractivity contribution in [2.75, 3.05) is 13.2 Å². The average molecular weight is 549 g/mol. The van der Waals surface area contributed by atoms with E-state index in [0.29, 0.717) is 6.42 Å². The number of hydrogen-bond acceptors (Lipinski definition) is 7. The van der Waals surface area contributed by atoms with Crippen molar-refractivity contribution in [3.63, 3.8) is 0 Å². The van der Waals surface area contributed by atoms with E-state index in [1.165, 1.54) is 41.3 Å². The predicted molar refractivity (Wildman–Crippen MR) is 138 cm³/mol. The number of aromatic carboxylic acids is 2. The Hall–Kier alpha value is -4.38. The fraction of sp³-hybridized carbons (Fsp3) is 0.379. The largest absolute Gasteiger partial charge is 0.478 e. The smallest absolute Gasteiger partial charge is 0.335 e. The van der Waals surface area contributed by atoms with E-state index >= 15 is 0 Å². The standard InChI is InChI=1S/C29H28N2O9/c1-14(12-30-22(32)18-7-5-15(26(36)37)9-20(18)23(30)33)28(2,3)40-13-17-11-29(17,4)31-24(34)19-8-6-16(27(38)39)10-21(19)25(31)35/h5-10,14,17H,11-13H2,1-4H3,(H,36,37)(H,38,39). The summed E-state index contributed by atoms with van der Waals surface area (Å²) in [5, 5.41) is 18.5. The van der Waals surface area contributed by atoms with Crippen molar-refractivity contribution in [2.45, 2.75) is 45.3 Å². The highest BCUT2D eigenvalue weighted by atomic mass is 16.5. The van der Waals surface area contributed by atoms with Crippen LogP contribution in [0.1, 0.15) is 96.3 Å². The lowest BCUT2D eigenvalue weighted by Crippen LogP contribution is -2.44. The summed E-state index contributed by atoms with van der Waals surface area (Å²) in [6.07, 6.45) is 0.513. The van der Waals surface area contributed by atoms with Gasteiger partial charge in [0, 0.05) is 18.4 Å². The molecule has 1 fully saturated rings. The van der Waals surface area contributed by atoms with Crippen molar-refractivity contribution in [3.05, 3.63) is 69.8 Å². The van der Waals surface area contributed by atoms with Crippen LogP contribution in [0.25, 0.3) is 0 Å². The Morgan fingerprint density at radius 3 is 1.93 bits per heavy atom. The second kappa shape index (κ2) is 9.09. The zero-order valence-electron chi connectivity index (χ0n) is 22.4. The van der Waals surface area contributed by atoms with Gasteiger partial charge in [-0.15, -0.1) is 0 Å². The highest BCUT2D eigenvalue weighted by Gasteiger charge is 2.61.